The Kier molecular flexibility index (Phi) is 7.35. The fourth-order valence-electron chi connectivity index (χ4n) is 3.70. The van der Waals surface area contributed by atoms with Crippen LogP contribution in [0.2, 0.25) is 0 Å². The van der Waals surface area contributed by atoms with Gasteiger partial charge in [0, 0.05) is 26.1 Å². The van der Waals surface area contributed by atoms with Crippen molar-refractivity contribution in [1.82, 2.24) is 25.4 Å². The lowest BCUT2D eigenvalue weighted by Crippen LogP contribution is -2.23. The summed E-state index contributed by atoms with van der Waals surface area (Å²) in [5.41, 5.74) is 0.487. The molecule has 0 aliphatic carbocycles. The maximum absolute atomic E-state index is 13.8. The lowest BCUT2D eigenvalue weighted by molar-refractivity contribution is -0.127. The van der Waals surface area contributed by atoms with Crippen LogP contribution in [0.3, 0.4) is 0 Å². The molecular formula is C21H24FN7O3S. The molecule has 1 aliphatic heterocycles. The van der Waals surface area contributed by atoms with Gasteiger partial charge in [0.25, 0.3) is 5.91 Å². The standard InChI is InChI=1S/C21H24FN7O3S/c1-3-32-18(14-4-5-15(22)16(11-14)31-2)19(30)25-21-28-26-17(33-21)10-13-6-9-29(12-13)20-23-7-8-24-27-20/h4-5,7-8,11,13,18H,3,6,9-10,12H2,1-2H3,(H,25,28,30)/t13-,18+/m0/s1. The molecule has 0 spiro atoms. The van der Waals surface area contributed by atoms with Gasteiger partial charge < -0.3 is 14.4 Å². The molecule has 1 saturated heterocycles. The molecule has 3 aromatic rings. The number of carbonyl (C=O) groups excluding carboxylic acids is 1. The number of rotatable bonds is 9. The molecule has 4 rings (SSSR count). The summed E-state index contributed by atoms with van der Waals surface area (Å²) in [6.45, 7) is 3.76. The number of methoxy groups -OCH3 is 1. The number of hydrogen-bond donors (Lipinski definition) is 1. The molecule has 3 heterocycles. The third-order valence-corrected chi connectivity index (χ3v) is 6.11. The van der Waals surface area contributed by atoms with Crippen LogP contribution in [0.4, 0.5) is 15.5 Å². The number of anilines is 2. The number of benzene rings is 1. The first-order valence-electron chi connectivity index (χ1n) is 10.5. The van der Waals surface area contributed by atoms with Gasteiger partial charge in [0.2, 0.25) is 11.1 Å². The van der Waals surface area contributed by atoms with Crippen molar-refractivity contribution in [3.63, 3.8) is 0 Å². The molecule has 1 aromatic carbocycles. The Morgan fingerprint density at radius 2 is 2.21 bits per heavy atom. The number of nitrogens with one attached hydrogen (secondary N) is 1. The number of ether oxygens (including phenoxy) is 2. The number of amides is 1. The van der Waals surface area contributed by atoms with Gasteiger partial charge in [-0.1, -0.05) is 17.4 Å². The summed E-state index contributed by atoms with van der Waals surface area (Å²) in [4.78, 5) is 19.2. The molecule has 174 valence electrons. The van der Waals surface area contributed by atoms with Crippen LogP contribution in [0, 0.1) is 11.7 Å². The van der Waals surface area contributed by atoms with Gasteiger partial charge in [-0.3, -0.25) is 10.1 Å². The molecule has 12 heteroatoms. The van der Waals surface area contributed by atoms with Gasteiger partial charge >= 0.3 is 0 Å². The second-order valence-electron chi connectivity index (χ2n) is 7.47. The SMILES string of the molecule is CCO[C@@H](C(=O)Nc1nnc(C[C@@H]2CCN(c3nccnn3)C2)s1)c1ccc(F)c(OC)c1. The Bertz CT molecular complexity index is 1080. The first-order valence-corrected chi connectivity index (χ1v) is 11.4. The van der Waals surface area contributed by atoms with Crippen molar-refractivity contribution < 1.29 is 18.7 Å². The average Bonchev–Trinajstić information content (AvgIpc) is 3.48. The number of nitrogens with zero attached hydrogens (tertiary/aromatic N) is 6. The summed E-state index contributed by atoms with van der Waals surface area (Å²) >= 11 is 1.33. The Hall–Kier alpha value is -3.25. The van der Waals surface area contributed by atoms with Crippen molar-refractivity contribution in [2.45, 2.75) is 25.9 Å². The minimum absolute atomic E-state index is 0.0468. The van der Waals surface area contributed by atoms with Crippen molar-refractivity contribution in [3.05, 3.63) is 47.0 Å². The average molecular weight is 474 g/mol. The third kappa shape index (κ3) is 5.57. The van der Waals surface area contributed by atoms with E-state index in [0.717, 1.165) is 30.9 Å². The lowest BCUT2D eigenvalue weighted by atomic mass is 10.1. The molecule has 0 unspecified atom stereocenters. The topological polar surface area (TPSA) is 115 Å². The normalized spacial score (nSPS) is 16.6. The highest BCUT2D eigenvalue weighted by Crippen LogP contribution is 2.28. The van der Waals surface area contributed by atoms with Crippen LogP contribution < -0.4 is 15.0 Å². The molecule has 1 aliphatic rings. The predicted molar refractivity (Wildman–Crippen MR) is 120 cm³/mol. The molecule has 1 N–H and O–H groups in total. The molecule has 2 aromatic heterocycles. The van der Waals surface area contributed by atoms with Crippen LogP contribution in [-0.4, -0.2) is 58.1 Å². The van der Waals surface area contributed by atoms with Crippen LogP contribution >= 0.6 is 11.3 Å². The molecule has 2 atom stereocenters. The van der Waals surface area contributed by atoms with Gasteiger partial charge in [-0.2, -0.15) is 5.10 Å². The van der Waals surface area contributed by atoms with Crippen LogP contribution in [0.15, 0.2) is 30.6 Å². The van der Waals surface area contributed by atoms with E-state index in [-0.39, 0.29) is 5.75 Å². The van der Waals surface area contributed by atoms with Crippen LogP contribution in [-0.2, 0) is 16.0 Å². The smallest absolute Gasteiger partial charge is 0.259 e. The van der Waals surface area contributed by atoms with E-state index in [0.29, 0.717) is 29.2 Å². The van der Waals surface area contributed by atoms with Gasteiger partial charge in [0.15, 0.2) is 17.7 Å². The summed E-state index contributed by atoms with van der Waals surface area (Å²) < 4.78 is 24.4. The van der Waals surface area contributed by atoms with E-state index in [1.807, 2.05) is 0 Å². The van der Waals surface area contributed by atoms with Crippen LogP contribution in [0.25, 0.3) is 0 Å². The zero-order valence-electron chi connectivity index (χ0n) is 18.3. The second kappa shape index (κ2) is 10.6. The molecule has 1 fully saturated rings. The minimum atomic E-state index is -0.931. The second-order valence-corrected chi connectivity index (χ2v) is 8.53. The van der Waals surface area contributed by atoms with Gasteiger partial charge in [-0.25, -0.2) is 9.37 Å². The summed E-state index contributed by atoms with van der Waals surface area (Å²) in [6.07, 6.45) is 3.98. The Morgan fingerprint density at radius 3 is 2.97 bits per heavy atom. The summed E-state index contributed by atoms with van der Waals surface area (Å²) in [5, 5.41) is 20.3. The molecular weight excluding hydrogens is 449 g/mol. The minimum Gasteiger partial charge on any atom is -0.494 e. The summed E-state index contributed by atoms with van der Waals surface area (Å²) in [5.74, 6) is 0.142. The largest absolute Gasteiger partial charge is 0.494 e. The van der Waals surface area contributed by atoms with Crippen molar-refractivity contribution in [2.75, 3.05) is 37.0 Å². The van der Waals surface area contributed by atoms with Gasteiger partial charge in [-0.15, -0.1) is 15.3 Å². The lowest BCUT2D eigenvalue weighted by Gasteiger charge is -2.17. The zero-order chi connectivity index (χ0) is 23.2. The van der Waals surface area contributed by atoms with E-state index in [1.165, 1.54) is 36.6 Å². The van der Waals surface area contributed by atoms with E-state index in [2.05, 4.69) is 35.6 Å². The highest BCUT2D eigenvalue weighted by Gasteiger charge is 2.27. The third-order valence-electron chi connectivity index (χ3n) is 5.25. The molecule has 1 amide bonds. The fourth-order valence-corrected chi connectivity index (χ4v) is 4.56. The van der Waals surface area contributed by atoms with E-state index >= 15 is 0 Å². The van der Waals surface area contributed by atoms with Gasteiger partial charge in [-0.05, 0) is 37.0 Å². The maximum Gasteiger partial charge on any atom is 0.259 e. The number of carbonyl (C=O) groups is 1. The molecule has 0 bridgehead atoms. The Morgan fingerprint density at radius 1 is 1.33 bits per heavy atom. The van der Waals surface area contributed by atoms with E-state index < -0.39 is 17.8 Å². The van der Waals surface area contributed by atoms with Crippen molar-refractivity contribution in [1.29, 1.82) is 0 Å². The first kappa shape index (κ1) is 22.9. The summed E-state index contributed by atoms with van der Waals surface area (Å²) in [6, 6.07) is 4.21. The van der Waals surface area contributed by atoms with E-state index in [9.17, 15) is 9.18 Å². The Balaban J connectivity index is 1.37. The van der Waals surface area contributed by atoms with Crippen LogP contribution in [0.1, 0.15) is 30.0 Å². The van der Waals surface area contributed by atoms with Crippen molar-refractivity contribution in [2.24, 2.45) is 5.92 Å². The van der Waals surface area contributed by atoms with Crippen molar-refractivity contribution >= 4 is 28.3 Å². The molecule has 0 saturated carbocycles. The quantitative estimate of drug-likeness (QED) is 0.501. The van der Waals surface area contributed by atoms with Crippen molar-refractivity contribution in [3.8, 4) is 5.75 Å². The van der Waals surface area contributed by atoms with E-state index in [1.54, 1.807) is 19.3 Å². The number of halogens is 1. The van der Waals surface area contributed by atoms with Gasteiger partial charge in [0.05, 0.1) is 19.5 Å². The first-order chi connectivity index (χ1) is 16.1. The highest BCUT2D eigenvalue weighted by molar-refractivity contribution is 7.15. The summed E-state index contributed by atoms with van der Waals surface area (Å²) in [7, 11) is 1.37. The van der Waals surface area contributed by atoms with E-state index in [4.69, 9.17) is 9.47 Å². The Labute approximate surface area is 194 Å². The monoisotopic (exact) mass is 473 g/mol. The molecule has 10 nitrogen and oxygen atoms in total. The predicted octanol–water partition coefficient (Wildman–Crippen LogP) is 2.66. The van der Waals surface area contributed by atoms with Crippen LogP contribution in [0.5, 0.6) is 5.75 Å². The maximum atomic E-state index is 13.8. The zero-order valence-corrected chi connectivity index (χ0v) is 19.1. The number of aromatic nitrogens is 5. The highest BCUT2D eigenvalue weighted by atomic mass is 32.1. The molecule has 0 radical (unpaired) electrons. The molecule has 33 heavy (non-hydrogen) atoms. The van der Waals surface area contributed by atoms with Gasteiger partial charge in [0.1, 0.15) is 5.01 Å². The number of hydrogen-bond acceptors (Lipinski definition) is 10. The fraction of sp³-hybridized carbons (Fsp3) is 0.429.